The molecule has 0 bridgehead atoms. The van der Waals surface area contributed by atoms with Gasteiger partial charge in [0.2, 0.25) is 15.9 Å². The maximum Gasteiger partial charge on any atom is 0.416 e. The lowest BCUT2D eigenvalue weighted by Crippen LogP contribution is -2.44. The smallest absolute Gasteiger partial charge is 0.349 e. The lowest BCUT2D eigenvalue weighted by molar-refractivity contribution is -0.137. The van der Waals surface area contributed by atoms with Crippen molar-refractivity contribution in [3.63, 3.8) is 0 Å². The average Bonchev–Trinajstić information content (AvgIpc) is 2.61. The van der Waals surface area contributed by atoms with E-state index >= 15 is 0 Å². The number of halogens is 3. The summed E-state index contributed by atoms with van der Waals surface area (Å²) in [7, 11) is -3.27. The first-order valence-corrected chi connectivity index (χ1v) is 10.6. The van der Waals surface area contributed by atoms with Gasteiger partial charge in [0.05, 0.1) is 17.4 Å². The van der Waals surface area contributed by atoms with E-state index in [1.807, 2.05) is 0 Å². The van der Waals surface area contributed by atoms with Crippen molar-refractivity contribution in [3.05, 3.63) is 35.4 Å². The predicted octanol–water partition coefficient (Wildman–Crippen LogP) is 3.33. The number of hydrogen-bond donors (Lipinski definition) is 1. The number of rotatable bonds is 6. The van der Waals surface area contributed by atoms with Crippen molar-refractivity contribution in [2.24, 2.45) is 5.92 Å². The van der Waals surface area contributed by atoms with Crippen LogP contribution in [0.5, 0.6) is 0 Å². The summed E-state index contributed by atoms with van der Waals surface area (Å²) < 4.78 is 64.1. The second kappa shape index (κ2) is 8.60. The van der Waals surface area contributed by atoms with Gasteiger partial charge in [0.15, 0.2) is 0 Å². The average molecular weight is 406 g/mol. The molecule has 1 amide bonds. The maximum atomic E-state index is 12.8. The summed E-state index contributed by atoms with van der Waals surface area (Å²) >= 11 is 0. The zero-order chi connectivity index (χ0) is 20.2. The third kappa shape index (κ3) is 5.68. The molecular formula is C18H25F3N2O3S. The Morgan fingerprint density at radius 1 is 1.30 bits per heavy atom. The van der Waals surface area contributed by atoms with Crippen LogP contribution in [-0.2, 0) is 21.0 Å². The molecule has 1 fully saturated rings. The van der Waals surface area contributed by atoms with Gasteiger partial charge in [-0.05, 0) is 43.9 Å². The van der Waals surface area contributed by atoms with Crippen LogP contribution in [0.25, 0.3) is 0 Å². The van der Waals surface area contributed by atoms with Crippen LogP contribution >= 0.6 is 0 Å². The van der Waals surface area contributed by atoms with Gasteiger partial charge in [-0.25, -0.2) is 12.7 Å². The van der Waals surface area contributed by atoms with Gasteiger partial charge in [-0.1, -0.05) is 19.1 Å². The molecule has 0 saturated carbocycles. The number of alkyl halides is 3. The van der Waals surface area contributed by atoms with Crippen molar-refractivity contribution >= 4 is 15.9 Å². The normalized spacial score (nSPS) is 18.3. The van der Waals surface area contributed by atoms with Gasteiger partial charge in [-0.15, -0.1) is 0 Å². The second-order valence-corrected chi connectivity index (χ2v) is 8.93. The number of sulfonamides is 1. The molecule has 1 aromatic carbocycles. The van der Waals surface area contributed by atoms with Gasteiger partial charge in [0.1, 0.15) is 0 Å². The van der Waals surface area contributed by atoms with Crippen LogP contribution in [0.3, 0.4) is 0 Å². The van der Waals surface area contributed by atoms with Gasteiger partial charge in [0.25, 0.3) is 0 Å². The van der Waals surface area contributed by atoms with Crippen molar-refractivity contribution in [1.29, 1.82) is 0 Å². The first-order valence-electron chi connectivity index (χ1n) is 9.00. The highest BCUT2D eigenvalue weighted by Crippen LogP contribution is 2.31. The highest BCUT2D eigenvalue weighted by molar-refractivity contribution is 7.89. The largest absolute Gasteiger partial charge is 0.416 e. The number of amides is 1. The van der Waals surface area contributed by atoms with Crippen LogP contribution in [0.15, 0.2) is 24.3 Å². The molecule has 0 radical (unpaired) electrons. The quantitative estimate of drug-likeness (QED) is 0.788. The molecule has 1 aliphatic heterocycles. The molecule has 0 spiro atoms. The van der Waals surface area contributed by atoms with Crippen molar-refractivity contribution in [1.82, 2.24) is 9.62 Å². The van der Waals surface area contributed by atoms with Crippen molar-refractivity contribution < 1.29 is 26.4 Å². The summed E-state index contributed by atoms with van der Waals surface area (Å²) in [6.07, 6.45) is -3.08. The topological polar surface area (TPSA) is 66.5 Å². The number of nitrogens with one attached hydrogen (secondary N) is 1. The van der Waals surface area contributed by atoms with Gasteiger partial charge in [-0.3, -0.25) is 4.79 Å². The van der Waals surface area contributed by atoms with Crippen LogP contribution in [0, 0.1) is 5.92 Å². The SMILES string of the molecule is CCCS(=O)(=O)N1CCC(C(=O)N[C@H](C)c2cccc(C(F)(F)F)c2)CC1. The molecule has 1 N–H and O–H groups in total. The first kappa shape index (κ1) is 21.7. The Morgan fingerprint density at radius 2 is 1.93 bits per heavy atom. The molecule has 27 heavy (non-hydrogen) atoms. The van der Waals surface area contributed by atoms with E-state index in [9.17, 15) is 26.4 Å². The standard InChI is InChI=1S/C18H25F3N2O3S/c1-3-11-27(25,26)23-9-7-14(8-10-23)17(24)22-13(2)15-5-4-6-16(12-15)18(19,20)21/h4-6,12-14H,3,7-11H2,1-2H3,(H,22,24)/t13-/m1/s1. The van der Waals surface area contributed by atoms with Crippen LogP contribution < -0.4 is 5.32 Å². The zero-order valence-corrected chi connectivity index (χ0v) is 16.2. The summed E-state index contributed by atoms with van der Waals surface area (Å²) in [4.78, 5) is 12.4. The fraction of sp³-hybridized carbons (Fsp3) is 0.611. The van der Waals surface area contributed by atoms with Gasteiger partial charge in [0, 0.05) is 19.0 Å². The molecule has 1 aliphatic rings. The number of benzene rings is 1. The summed E-state index contributed by atoms with van der Waals surface area (Å²) in [5.41, 5.74) is -0.378. The Hall–Kier alpha value is -1.61. The molecule has 9 heteroatoms. The molecule has 1 heterocycles. The van der Waals surface area contributed by atoms with Crippen molar-refractivity contribution in [3.8, 4) is 0 Å². The minimum absolute atomic E-state index is 0.0937. The fourth-order valence-electron chi connectivity index (χ4n) is 3.18. The molecular weight excluding hydrogens is 381 g/mol. The second-order valence-electron chi connectivity index (χ2n) is 6.84. The van der Waals surface area contributed by atoms with E-state index in [1.165, 1.54) is 10.4 Å². The number of hydrogen-bond acceptors (Lipinski definition) is 3. The Labute approximate surface area is 158 Å². The van der Waals surface area contributed by atoms with E-state index in [2.05, 4.69) is 5.32 Å². The number of carbonyl (C=O) groups excluding carboxylic acids is 1. The Bertz CT molecular complexity index is 757. The van der Waals surface area contributed by atoms with E-state index < -0.39 is 27.8 Å². The minimum Gasteiger partial charge on any atom is -0.349 e. The third-order valence-corrected chi connectivity index (χ3v) is 6.83. The Balaban J connectivity index is 1.95. The van der Waals surface area contributed by atoms with Crippen LogP contribution in [0.2, 0.25) is 0 Å². The van der Waals surface area contributed by atoms with E-state index in [0.717, 1.165) is 12.1 Å². The number of nitrogens with zero attached hydrogens (tertiary/aromatic N) is 1. The molecule has 0 aliphatic carbocycles. The summed E-state index contributed by atoms with van der Waals surface area (Å²) in [5.74, 6) is -0.505. The van der Waals surface area contributed by atoms with Crippen LogP contribution in [-0.4, -0.2) is 37.5 Å². The zero-order valence-electron chi connectivity index (χ0n) is 15.4. The van der Waals surface area contributed by atoms with Crippen molar-refractivity contribution in [2.45, 2.75) is 45.3 Å². The summed E-state index contributed by atoms with van der Waals surface area (Å²) in [5, 5.41) is 2.75. The Kier molecular flexibility index (Phi) is 6.91. The lowest BCUT2D eigenvalue weighted by atomic mass is 9.96. The minimum atomic E-state index is -4.43. The summed E-state index contributed by atoms with van der Waals surface area (Å²) in [6, 6.07) is 4.31. The van der Waals surface area contributed by atoms with E-state index in [-0.39, 0.29) is 17.6 Å². The molecule has 0 aromatic heterocycles. The number of piperidine rings is 1. The molecule has 1 saturated heterocycles. The van der Waals surface area contributed by atoms with E-state index in [1.54, 1.807) is 19.9 Å². The molecule has 5 nitrogen and oxygen atoms in total. The van der Waals surface area contributed by atoms with E-state index in [0.29, 0.717) is 37.9 Å². The highest BCUT2D eigenvalue weighted by atomic mass is 32.2. The molecule has 152 valence electrons. The van der Waals surface area contributed by atoms with Gasteiger partial charge < -0.3 is 5.32 Å². The maximum absolute atomic E-state index is 12.8. The van der Waals surface area contributed by atoms with Crippen LogP contribution in [0.4, 0.5) is 13.2 Å². The van der Waals surface area contributed by atoms with Crippen molar-refractivity contribution in [2.75, 3.05) is 18.8 Å². The predicted molar refractivity (Wildman–Crippen MR) is 96.4 cm³/mol. The third-order valence-electron chi connectivity index (χ3n) is 4.75. The highest BCUT2D eigenvalue weighted by Gasteiger charge is 2.32. The molecule has 0 unspecified atom stereocenters. The van der Waals surface area contributed by atoms with Crippen LogP contribution in [0.1, 0.15) is 50.3 Å². The first-order chi connectivity index (χ1) is 12.5. The number of carbonyl (C=O) groups is 1. The Morgan fingerprint density at radius 3 is 2.48 bits per heavy atom. The van der Waals surface area contributed by atoms with E-state index in [4.69, 9.17) is 0 Å². The fourth-order valence-corrected chi connectivity index (χ4v) is 4.72. The summed E-state index contributed by atoms with van der Waals surface area (Å²) in [6.45, 7) is 4.01. The monoisotopic (exact) mass is 406 g/mol. The molecule has 1 atom stereocenters. The molecule has 1 aromatic rings. The van der Waals surface area contributed by atoms with Gasteiger partial charge >= 0.3 is 6.18 Å². The lowest BCUT2D eigenvalue weighted by Gasteiger charge is -2.31. The van der Waals surface area contributed by atoms with Gasteiger partial charge in [-0.2, -0.15) is 13.2 Å². The molecule has 2 rings (SSSR count).